The minimum atomic E-state index is 0.386. The normalized spacial score (nSPS) is 22.7. The second-order valence-electron chi connectivity index (χ2n) is 8.04. The maximum absolute atomic E-state index is 5.96. The highest BCUT2D eigenvalue weighted by Crippen LogP contribution is 2.26. The lowest BCUT2D eigenvalue weighted by Gasteiger charge is -2.25. The summed E-state index contributed by atoms with van der Waals surface area (Å²) in [5.41, 5.74) is 2.56. The third-order valence-electron chi connectivity index (χ3n) is 6.01. The Morgan fingerprint density at radius 1 is 1.07 bits per heavy atom. The summed E-state index contributed by atoms with van der Waals surface area (Å²) in [7, 11) is 0. The van der Waals surface area contributed by atoms with E-state index in [2.05, 4.69) is 71.3 Å². The van der Waals surface area contributed by atoms with Crippen molar-refractivity contribution in [2.45, 2.75) is 44.7 Å². The van der Waals surface area contributed by atoms with E-state index in [-0.39, 0.29) is 0 Å². The fourth-order valence-corrected chi connectivity index (χ4v) is 4.34. The molecule has 4 nitrogen and oxygen atoms in total. The second-order valence-corrected chi connectivity index (χ2v) is 8.04. The van der Waals surface area contributed by atoms with E-state index >= 15 is 0 Å². The molecule has 0 radical (unpaired) electrons. The second kappa shape index (κ2) is 9.44. The van der Waals surface area contributed by atoms with Gasteiger partial charge < -0.3 is 19.3 Å². The Morgan fingerprint density at radius 3 is 2.64 bits per heavy atom. The first-order valence-electron chi connectivity index (χ1n) is 10.6. The van der Waals surface area contributed by atoms with Gasteiger partial charge in [0, 0.05) is 18.3 Å². The molecule has 0 N–H and O–H groups in total. The van der Waals surface area contributed by atoms with Crippen molar-refractivity contribution >= 4 is 5.69 Å². The van der Waals surface area contributed by atoms with Gasteiger partial charge in [-0.1, -0.05) is 30.3 Å². The van der Waals surface area contributed by atoms with Crippen molar-refractivity contribution in [1.29, 1.82) is 0 Å². The highest BCUT2D eigenvalue weighted by atomic mass is 16.5. The van der Waals surface area contributed by atoms with Crippen molar-refractivity contribution in [3.63, 3.8) is 0 Å². The van der Waals surface area contributed by atoms with Crippen LogP contribution >= 0.6 is 0 Å². The molecule has 2 aliphatic heterocycles. The van der Waals surface area contributed by atoms with Gasteiger partial charge in [0.2, 0.25) is 0 Å². The van der Waals surface area contributed by atoms with Crippen molar-refractivity contribution in [3.8, 4) is 5.75 Å². The van der Waals surface area contributed by atoms with E-state index in [0.29, 0.717) is 12.8 Å². The van der Waals surface area contributed by atoms with Gasteiger partial charge in [-0.3, -0.25) is 0 Å². The number of anilines is 1. The number of benzene rings is 2. The molecule has 0 spiro atoms. The largest absolute Gasteiger partial charge is 0.494 e. The van der Waals surface area contributed by atoms with E-state index in [1.165, 1.54) is 30.6 Å². The number of hydrogen-bond donors (Lipinski definition) is 0. The van der Waals surface area contributed by atoms with Crippen LogP contribution in [0.2, 0.25) is 0 Å². The third kappa shape index (κ3) is 4.86. The molecule has 0 amide bonds. The summed E-state index contributed by atoms with van der Waals surface area (Å²) in [4.78, 5) is 4.93. The molecule has 1 unspecified atom stereocenters. The first-order valence-corrected chi connectivity index (χ1v) is 10.6. The van der Waals surface area contributed by atoms with Crippen molar-refractivity contribution in [1.82, 2.24) is 4.90 Å². The van der Waals surface area contributed by atoms with E-state index in [1.54, 1.807) is 0 Å². The number of hydrogen-bond acceptors (Lipinski definition) is 4. The van der Waals surface area contributed by atoms with Crippen molar-refractivity contribution in [2.75, 3.05) is 37.9 Å². The lowest BCUT2D eigenvalue weighted by molar-refractivity contribution is 0.194. The van der Waals surface area contributed by atoms with Gasteiger partial charge in [0.1, 0.15) is 12.5 Å². The van der Waals surface area contributed by atoms with E-state index in [9.17, 15) is 0 Å². The fraction of sp³-hybridized carbons (Fsp3) is 0.500. The lowest BCUT2D eigenvalue weighted by atomic mass is 10.1. The number of likely N-dealkylation sites (tertiary alicyclic amines) is 1. The van der Waals surface area contributed by atoms with Crippen LogP contribution in [0.15, 0.2) is 54.6 Å². The summed E-state index contributed by atoms with van der Waals surface area (Å²) >= 11 is 0. The van der Waals surface area contributed by atoms with Crippen LogP contribution in [0, 0.1) is 0 Å². The van der Waals surface area contributed by atoms with E-state index in [1.807, 2.05) is 0 Å². The maximum atomic E-state index is 5.96. The molecule has 0 bridgehead atoms. The van der Waals surface area contributed by atoms with Crippen LogP contribution in [0.25, 0.3) is 0 Å². The lowest BCUT2D eigenvalue weighted by Crippen LogP contribution is -2.32. The van der Waals surface area contributed by atoms with Gasteiger partial charge >= 0.3 is 0 Å². The molecule has 2 fully saturated rings. The zero-order valence-electron chi connectivity index (χ0n) is 16.9. The van der Waals surface area contributed by atoms with E-state index < -0.39 is 0 Å². The summed E-state index contributed by atoms with van der Waals surface area (Å²) < 4.78 is 11.7. The molecule has 0 saturated carbocycles. The van der Waals surface area contributed by atoms with Gasteiger partial charge in [0.15, 0.2) is 0 Å². The van der Waals surface area contributed by atoms with Crippen LogP contribution in [0.5, 0.6) is 5.75 Å². The predicted octanol–water partition coefficient (Wildman–Crippen LogP) is 4.35. The molecule has 2 saturated heterocycles. The maximum Gasteiger partial charge on any atom is 0.119 e. The standard InChI is InChI=1S/C24H32N2O2/c1-20-7-5-14-25(20)15-6-16-28-24-12-10-22(11-13-24)26-19-27-18-23(26)17-21-8-3-2-4-9-21/h2-4,8-13,20,23H,5-7,14-19H2,1H3/t20?,23-/m1/s1. The molecule has 2 atom stereocenters. The summed E-state index contributed by atoms with van der Waals surface area (Å²) in [5.74, 6) is 0.956. The fourth-order valence-electron chi connectivity index (χ4n) is 4.34. The summed E-state index contributed by atoms with van der Waals surface area (Å²) in [5, 5.41) is 0. The van der Waals surface area contributed by atoms with Crippen LogP contribution in [-0.2, 0) is 11.2 Å². The number of ether oxygens (including phenoxy) is 2. The average molecular weight is 381 g/mol. The van der Waals surface area contributed by atoms with Gasteiger partial charge in [0.25, 0.3) is 0 Å². The molecular formula is C24H32N2O2. The average Bonchev–Trinajstić information content (AvgIpc) is 3.35. The third-order valence-corrected chi connectivity index (χ3v) is 6.01. The van der Waals surface area contributed by atoms with Gasteiger partial charge in [-0.15, -0.1) is 0 Å². The highest BCUT2D eigenvalue weighted by Gasteiger charge is 2.25. The van der Waals surface area contributed by atoms with E-state index in [4.69, 9.17) is 9.47 Å². The molecule has 4 rings (SSSR count). The Bertz CT molecular complexity index is 719. The Balaban J connectivity index is 1.26. The van der Waals surface area contributed by atoms with Crippen LogP contribution in [0.3, 0.4) is 0 Å². The predicted molar refractivity (Wildman–Crippen MR) is 114 cm³/mol. The summed E-state index contributed by atoms with van der Waals surface area (Å²) in [6.07, 6.45) is 4.78. The highest BCUT2D eigenvalue weighted by molar-refractivity contribution is 5.50. The van der Waals surface area contributed by atoms with Crippen LogP contribution in [0.4, 0.5) is 5.69 Å². The Kier molecular flexibility index (Phi) is 6.50. The van der Waals surface area contributed by atoms with Gasteiger partial charge in [-0.25, -0.2) is 0 Å². The Hall–Kier alpha value is -2.04. The molecule has 0 aromatic heterocycles. The number of rotatable bonds is 8. The van der Waals surface area contributed by atoms with Gasteiger partial charge in [0.05, 0.1) is 19.3 Å². The monoisotopic (exact) mass is 380 g/mol. The van der Waals surface area contributed by atoms with Crippen LogP contribution < -0.4 is 9.64 Å². The first-order chi connectivity index (χ1) is 13.8. The first kappa shape index (κ1) is 19.3. The molecule has 2 heterocycles. The smallest absolute Gasteiger partial charge is 0.119 e. The molecule has 2 aromatic carbocycles. The molecule has 0 aliphatic carbocycles. The zero-order valence-corrected chi connectivity index (χ0v) is 16.9. The molecule has 2 aliphatic rings. The SMILES string of the molecule is CC1CCCN1CCCOc1ccc(N2COC[C@H]2Cc2ccccc2)cc1. The van der Waals surface area contributed by atoms with Crippen LogP contribution in [0.1, 0.15) is 31.7 Å². The minimum Gasteiger partial charge on any atom is -0.494 e. The molecule has 150 valence electrons. The van der Waals surface area contributed by atoms with Gasteiger partial charge in [-0.05, 0) is 69.0 Å². The van der Waals surface area contributed by atoms with Crippen molar-refractivity contribution < 1.29 is 9.47 Å². The number of nitrogens with zero attached hydrogens (tertiary/aromatic N) is 2. The zero-order chi connectivity index (χ0) is 19.2. The topological polar surface area (TPSA) is 24.9 Å². The van der Waals surface area contributed by atoms with E-state index in [0.717, 1.165) is 44.4 Å². The van der Waals surface area contributed by atoms with Crippen LogP contribution in [-0.4, -0.2) is 50.0 Å². The molecule has 2 aromatic rings. The quantitative estimate of drug-likeness (QED) is 0.636. The molecule has 4 heteroatoms. The Morgan fingerprint density at radius 2 is 1.89 bits per heavy atom. The molecular weight excluding hydrogens is 348 g/mol. The summed E-state index contributed by atoms with van der Waals surface area (Å²) in [6, 6.07) is 20.3. The molecule has 28 heavy (non-hydrogen) atoms. The Labute approximate surface area is 169 Å². The van der Waals surface area contributed by atoms with Crippen molar-refractivity contribution in [3.05, 3.63) is 60.2 Å². The van der Waals surface area contributed by atoms with Crippen molar-refractivity contribution in [2.24, 2.45) is 0 Å². The van der Waals surface area contributed by atoms with Gasteiger partial charge in [-0.2, -0.15) is 0 Å². The minimum absolute atomic E-state index is 0.386. The summed E-state index contributed by atoms with van der Waals surface area (Å²) in [6.45, 7) is 6.95.